The first-order chi connectivity index (χ1) is 9.38. The summed E-state index contributed by atoms with van der Waals surface area (Å²) in [7, 11) is 0. The van der Waals surface area contributed by atoms with Gasteiger partial charge in [0.2, 0.25) is 0 Å². The van der Waals surface area contributed by atoms with Crippen LogP contribution in [0.25, 0.3) is 0 Å². The third kappa shape index (κ3) is 3.02. The highest BCUT2D eigenvalue weighted by atomic mass is 35.5. The molecule has 2 nitrogen and oxygen atoms in total. The Morgan fingerprint density at radius 2 is 1.85 bits per heavy atom. The van der Waals surface area contributed by atoms with Gasteiger partial charge in [-0.25, -0.2) is 8.78 Å². The Balaban J connectivity index is 2.25. The number of halogens is 3. The topological polar surface area (TPSA) is 38.0 Å². The second-order valence-corrected chi connectivity index (χ2v) is 5.14. The average molecular weight is 297 g/mol. The summed E-state index contributed by atoms with van der Waals surface area (Å²) < 4.78 is 27.0. The minimum Gasteiger partial charge on any atom is -0.397 e. The molecule has 2 aromatic carbocycles. The van der Waals surface area contributed by atoms with E-state index in [1.807, 2.05) is 13.0 Å². The molecule has 0 amide bonds. The molecular formula is C15H15ClF2N2. The Bertz CT molecular complexity index is 644. The van der Waals surface area contributed by atoms with Gasteiger partial charge in [-0.15, -0.1) is 0 Å². The van der Waals surface area contributed by atoms with Crippen LogP contribution in [0.3, 0.4) is 0 Å². The molecular weight excluding hydrogens is 282 g/mol. The van der Waals surface area contributed by atoms with Gasteiger partial charge in [-0.1, -0.05) is 23.7 Å². The zero-order valence-electron chi connectivity index (χ0n) is 11.2. The lowest BCUT2D eigenvalue weighted by molar-refractivity contribution is 0.614. The normalized spacial score (nSPS) is 12.2. The van der Waals surface area contributed by atoms with Gasteiger partial charge in [0.15, 0.2) is 0 Å². The van der Waals surface area contributed by atoms with Gasteiger partial charge in [-0.05, 0) is 37.1 Å². The lowest BCUT2D eigenvalue weighted by Gasteiger charge is -2.18. The molecule has 106 valence electrons. The molecule has 0 radical (unpaired) electrons. The highest BCUT2D eigenvalue weighted by Crippen LogP contribution is 2.29. The molecule has 0 bridgehead atoms. The van der Waals surface area contributed by atoms with Crippen molar-refractivity contribution in [2.45, 2.75) is 19.9 Å². The molecule has 0 aliphatic rings. The largest absolute Gasteiger partial charge is 0.397 e. The maximum Gasteiger partial charge on any atom is 0.143 e. The molecule has 3 N–H and O–H groups in total. The van der Waals surface area contributed by atoms with Crippen LogP contribution in [-0.2, 0) is 0 Å². The SMILES string of the molecule is Cc1ccc(C(C)Nc2cc(F)c(Cl)cc2N)cc1F. The molecule has 0 saturated heterocycles. The monoisotopic (exact) mass is 296 g/mol. The number of hydrogen-bond donors (Lipinski definition) is 2. The van der Waals surface area contributed by atoms with E-state index in [9.17, 15) is 8.78 Å². The van der Waals surface area contributed by atoms with Crippen molar-refractivity contribution in [3.05, 3.63) is 58.1 Å². The number of rotatable bonds is 3. The second-order valence-electron chi connectivity index (χ2n) is 4.73. The minimum atomic E-state index is -0.550. The molecule has 0 spiro atoms. The zero-order valence-corrected chi connectivity index (χ0v) is 11.9. The lowest BCUT2D eigenvalue weighted by Crippen LogP contribution is -2.09. The molecule has 0 fully saturated rings. The van der Waals surface area contributed by atoms with E-state index >= 15 is 0 Å². The Labute approximate surface area is 121 Å². The molecule has 0 saturated carbocycles. The summed E-state index contributed by atoms with van der Waals surface area (Å²) in [5.74, 6) is -0.822. The van der Waals surface area contributed by atoms with Crippen LogP contribution in [0.2, 0.25) is 5.02 Å². The highest BCUT2D eigenvalue weighted by molar-refractivity contribution is 6.31. The summed E-state index contributed by atoms with van der Waals surface area (Å²) >= 11 is 5.65. The van der Waals surface area contributed by atoms with E-state index in [2.05, 4.69) is 5.32 Å². The van der Waals surface area contributed by atoms with E-state index in [0.717, 1.165) is 5.56 Å². The Morgan fingerprint density at radius 1 is 1.15 bits per heavy atom. The van der Waals surface area contributed by atoms with Gasteiger partial charge in [0, 0.05) is 12.1 Å². The van der Waals surface area contributed by atoms with Crippen molar-refractivity contribution in [3.63, 3.8) is 0 Å². The van der Waals surface area contributed by atoms with Gasteiger partial charge in [-0.3, -0.25) is 0 Å². The summed E-state index contributed by atoms with van der Waals surface area (Å²) in [5.41, 5.74) is 7.89. The van der Waals surface area contributed by atoms with Crippen molar-refractivity contribution in [2.24, 2.45) is 0 Å². The van der Waals surface area contributed by atoms with Crippen molar-refractivity contribution >= 4 is 23.0 Å². The van der Waals surface area contributed by atoms with Crippen LogP contribution >= 0.6 is 11.6 Å². The van der Waals surface area contributed by atoms with Crippen LogP contribution in [0.4, 0.5) is 20.2 Å². The quantitative estimate of drug-likeness (QED) is 0.807. The van der Waals surface area contributed by atoms with Crippen LogP contribution in [-0.4, -0.2) is 0 Å². The maximum atomic E-state index is 13.5. The van der Waals surface area contributed by atoms with E-state index in [1.54, 1.807) is 13.0 Å². The molecule has 0 aliphatic heterocycles. The van der Waals surface area contributed by atoms with Crippen molar-refractivity contribution in [1.29, 1.82) is 0 Å². The van der Waals surface area contributed by atoms with Crippen molar-refractivity contribution in [1.82, 2.24) is 0 Å². The van der Waals surface area contributed by atoms with Crippen LogP contribution in [0, 0.1) is 18.6 Å². The first-order valence-corrected chi connectivity index (χ1v) is 6.53. The second kappa shape index (κ2) is 5.67. The molecule has 20 heavy (non-hydrogen) atoms. The van der Waals surface area contributed by atoms with Crippen molar-refractivity contribution in [3.8, 4) is 0 Å². The van der Waals surface area contributed by atoms with E-state index in [0.29, 0.717) is 16.9 Å². The first-order valence-electron chi connectivity index (χ1n) is 6.15. The molecule has 1 atom stereocenters. The predicted molar refractivity (Wildman–Crippen MR) is 79.0 cm³/mol. The highest BCUT2D eigenvalue weighted by Gasteiger charge is 2.11. The third-order valence-electron chi connectivity index (χ3n) is 3.16. The molecule has 0 aliphatic carbocycles. The molecule has 2 rings (SSSR count). The fraction of sp³-hybridized carbons (Fsp3) is 0.200. The van der Waals surface area contributed by atoms with Crippen LogP contribution in [0.15, 0.2) is 30.3 Å². The van der Waals surface area contributed by atoms with Crippen LogP contribution in [0.1, 0.15) is 24.1 Å². The smallest absolute Gasteiger partial charge is 0.143 e. The number of anilines is 2. The number of hydrogen-bond acceptors (Lipinski definition) is 2. The Morgan fingerprint density at radius 3 is 2.50 bits per heavy atom. The predicted octanol–water partition coefficient (Wildman–Crippen LogP) is 4.68. The number of aryl methyl sites for hydroxylation is 1. The number of benzene rings is 2. The van der Waals surface area contributed by atoms with Gasteiger partial charge >= 0.3 is 0 Å². The lowest BCUT2D eigenvalue weighted by atomic mass is 10.1. The molecule has 1 unspecified atom stereocenters. The standard InChI is InChI=1S/C15H15ClF2N2/c1-8-3-4-10(5-12(8)17)9(2)20-15-7-13(18)11(16)6-14(15)19/h3-7,9,20H,19H2,1-2H3. The van der Waals surface area contributed by atoms with Gasteiger partial charge in [0.05, 0.1) is 16.4 Å². The fourth-order valence-corrected chi connectivity index (χ4v) is 2.05. The molecule has 2 aromatic rings. The van der Waals surface area contributed by atoms with Crippen molar-refractivity contribution in [2.75, 3.05) is 11.1 Å². The maximum absolute atomic E-state index is 13.5. The van der Waals surface area contributed by atoms with Gasteiger partial charge in [0.25, 0.3) is 0 Å². The van der Waals surface area contributed by atoms with E-state index in [1.165, 1.54) is 18.2 Å². The Kier molecular flexibility index (Phi) is 4.14. The minimum absolute atomic E-state index is 0.0258. The summed E-state index contributed by atoms with van der Waals surface area (Å²) in [6, 6.07) is 7.34. The Hall–Kier alpha value is -1.81. The van der Waals surface area contributed by atoms with Gasteiger partial charge in [-0.2, -0.15) is 0 Å². The number of nitrogens with one attached hydrogen (secondary N) is 1. The zero-order chi connectivity index (χ0) is 14.9. The van der Waals surface area contributed by atoms with Gasteiger partial charge < -0.3 is 11.1 Å². The molecule has 0 heterocycles. The number of nitrogen functional groups attached to an aromatic ring is 1. The summed E-state index contributed by atoms with van der Waals surface area (Å²) in [4.78, 5) is 0. The van der Waals surface area contributed by atoms with E-state index < -0.39 is 5.82 Å². The summed E-state index contributed by atoms with van der Waals surface area (Å²) in [5, 5.41) is 3.03. The first kappa shape index (κ1) is 14.6. The molecule has 5 heteroatoms. The summed E-state index contributed by atoms with van der Waals surface area (Å²) in [6.07, 6.45) is 0. The van der Waals surface area contributed by atoms with Gasteiger partial charge in [0.1, 0.15) is 11.6 Å². The van der Waals surface area contributed by atoms with Crippen LogP contribution in [0.5, 0.6) is 0 Å². The summed E-state index contributed by atoms with van der Waals surface area (Å²) in [6.45, 7) is 3.54. The number of nitrogens with two attached hydrogens (primary N) is 1. The van der Waals surface area contributed by atoms with E-state index in [-0.39, 0.29) is 16.9 Å². The average Bonchev–Trinajstić information content (AvgIpc) is 2.39. The van der Waals surface area contributed by atoms with E-state index in [4.69, 9.17) is 17.3 Å². The third-order valence-corrected chi connectivity index (χ3v) is 3.45. The van der Waals surface area contributed by atoms with Crippen LogP contribution < -0.4 is 11.1 Å². The molecule has 0 aromatic heterocycles. The van der Waals surface area contributed by atoms with Crippen molar-refractivity contribution < 1.29 is 8.78 Å². The fourth-order valence-electron chi connectivity index (χ4n) is 1.88.